The Morgan fingerprint density at radius 3 is 2.59 bits per heavy atom. The Morgan fingerprint density at radius 2 is 2.12 bits per heavy atom. The summed E-state index contributed by atoms with van der Waals surface area (Å²) in [5.74, 6) is -0.233. The third-order valence-corrected chi connectivity index (χ3v) is 2.30. The quantitative estimate of drug-likeness (QED) is 0.814. The van der Waals surface area contributed by atoms with E-state index < -0.39 is 6.04 Å². The number of amides is 1. The summed E-state index contributed by atoms with van der Waals surface area (Å²) in [6.07, 6.45) is 1.28. The number of aromatic nitrogens is 2. The van der Waals surface area contributed by atoms with Crippen LogP contribution in [0.1, 0.15) is 33.7 Å². The van der Waals surface area contributed by atoms with E-state index in [1.165, 1.54) is 17.0 Å². The second-order valence-corrected chi connectivity index (χ2v) is 5.26. The van der Waals surface area contributed by atoms with Crippen LogP contribution in [0.4, 0.5) is 0 Å². The van der Waals surface area contributed by atoms with E-state index in [1.54, 1.807) is 6.92 Å². The lowest BCUT2D eigenvalue weighted by atomic mass is 10.1. The summed E-state index contributed by atoms with van der Waals surface area (Å²) in [6.45, 7) is 7.26. The van der Waals surface area contributed by atoms with Gasteiger partial charge in [0.15, 0.2) is 0 Å². The van der Waals surface area contributed by atoms with Crippen molar-refractivity contribution in [3.05, 3.63) is 27.9 Å². The smallest absolute Gasteiger partial charge is 0.255 e. The summed E-state index contributed by atoms with van der Waals surface area (Å²) in [6, 6.07) is 0.564. The second kappa shape index (κ2) is 4.87. The number of nitrogens with one attached hydrogen (secondary N) is 1. The van der Waals surface area contributed by atoms with Gasteiger partial charge >= 0.3 is 0 Å². The zero-order valence-corrected chi connectivity index (χ0v) is 11.1. The van der Waals surface area contributed by atoms with Crippen molar-refractivity contribution in [2.24, 2.45) is 0 Å². The minimum absolute atomic E-state index is 0.120. The minimum atomic E-state index is -0.619. The Balaban J connectivity index is 2.93. The van der Waals surface area contributed by atoms with Crippen molar-refractivity contribution in [3.63, 3.8) is 0 Å². The van der Waals surface area contributed by atoms with Gasteiger partial charge in [0.05, 0.1) is 6.33 Å². The van der Waals surface area contributed by atoms with Gasteiger partial charge < -0.3 is 5.32 Å². The first-order valence-corrected chi connectivity index (χ1v) is 5.64. The molecule has 0 aliphatic rings. The molecule has 5 nitrogen and oxygen atoms in total. The zero-order chi connectivity index (χ0) is 13.2. The van der Waals surface area contributed by atoms with E-state index in [4.69, 9.17) is 11.6 Å². The van der Waals surface area contributed by atoms with Gasteiger partial charge in [0.1, 0.15) is 11.2 Å². The van der Waals surface area contributed by atoms with Gasteiger partial charge in [-0.2, -0.15) is 0 Å². The molecule has 0 saturated heterocycles. The van der Waals surface area contributed by atoms with Crippen LogP contribution in [-0.2, 0) is 4.79 Å². The van der Waals surface area contributed by atoms with Crippen LogP contribution in [0.5, 0.6) is 0 Å². The Hall–Kier alpha value is -1.36. The molecule has 1 heterocycles. The highest BCUT2D eigenvalue weighted by molar-refractivity contribution is 6.29. The number of carbonyl (C=O) groups is 1. The molecule has 0 bridgehead atoms. The first-order chi connectivity index (χ1) is 7.70. The maximum absolute atomic E-state index is 11.9. The maximum atomic E-state index is 11.9. The van der Waals surface area contributed by atoms with Crippen LogP contribution in [0.25, 0.3) is 0 Å². The van der Waals surface area contributed by atoms with Crippen molar-refractivity contribution in [2.75, 3.05) is 0 Å². The third-order valence-electron chi connectivity index (χ3n) is 2.10. The molecule has 6 heteroatoms. The fourth-order valence-corrected chi connectivity index (χ4v) is 1.42. The normalized spacial score (nSPS) is 13.2. The molecule has 1 aromatic rings. The van der Waals surface area contributed by atoms with Gasteiger partial charge in [-0.25, -0.2) is 4.98 Å². The average molecular weight is 258 g/mol. The molecular formula is C11H16ClN3O2. The number of hydrogen-bond acceptors (Lipinski definition) is 3. The van der Waals surface area contributed by atoms with E-state index in [0.29, 0.717) is 0 Å². The van der Waals surface area contributed by atoms with Crippen LogP contribution in [0.2, 0.25) is 5.15 Å². The minimum Gasteiger partial charge on any atom is -0.350 e. The van der Waals surface area contributed by atoms with Crippen molar-refractivity contribution in [3.8, 4) is 0 Å². The summed E-state index contributed by atoms with van der Waals surface area (Å²) >= 11 is 5.58. The van der Waals surface area contributed by atoms with Crippen molar-refractivity contribution in [2.45, 2.75) is 39.3 Å². The molecule has 1 rings (SSSR count). The lowest BCUT2D eigenvalue weighted by Crippen LogP contribution is -2.45. The number of halogens is 1. The molecule has 1 unspecified atom stereocenters. The van der Waals surface area contributed by atoms with E-state index in [9.17, 15) is 9.59 Å². The van der Waals surface area contributed by atoms with E-state index >= 15 is 0 Å². The van der Waals surface area contributed by atoms with Crippen molar-refractivity contribution >= 4 is 17.5 Å². The van der Waals surface area contributed by atoms with Crippen LogP contribution in [0.15, 0.2) is 17.2 Å². The largest absolute Gasteiger partial charge is 0.350 e. The number of rotatable bonds is 2. The lowest BCUT2D eigenvalue weighted by molar-refractivity contribution is -0.125. The predicted molar refractivity (Wildman–Crippen MR) is 66.1 cm³/mol. The highest BCUT2D eigenvalue weighted by atomic mass is 35.5. The Labute approximate surface area is 105 Å². The van der Waals surface area contributed by atoms with Crippen LogP contribution in [-0.4, -0.2) is 21.0 Å². The molecule has 0 aliphatic heterocycles. The summed E-state index contributed by atoms with van der Waals surface area (Å²) < 4.78 is 1.24. The monoisotopic (exact) mass is 257 g/mol. The van der Waals surface area contributed by atoms with Crippen LogP contribution >= 0.6 is 11.6 Å². The lowest BCUT2D eigenvalue weighted by Gasteiger charge is -2.23. The molecular weight excluding hydrogens is 242 g/mol. The van der Waals surface area contributed by atoms with Crippen LogP contribution < -0.4 is 10.9 Å². The molecule has 1 aromatic heterocycles. The van der Waals surface area contributed by atoms with E-state index in [2.05, 4.69) is 10.3 Å². The molecule has 0 fully saturated rings. The molecule has 0 saturated carbocycles. The van der Waals surface area contributed by atoms with Gasteiger partial charge in [0.2, 0.25) is 5.91 Å². The SMILES string of the molecule is CC(C(=O)NC(C)(C)C)n1cnc(Cl)cc1=O. The molecule has 1 N–H and O–H groups in total. The topological polar surface area (TPSA) is 64.0 Å². The Kier molecular flexibility index (Phi) is 3.93. The van der Waals surface area contributed by atoms with Crippen molar-refractivity contribution in [1.29, 1.82) is 0 Å². The van der Waals surface area contributed by atoms with E-state index in [0.717, 1.165) is 0 Å². The highest BCUT2D eigenvalue weighted by Gasteiger charge is 2.21. The van der Waals surface area contributed by atoms with E-state index in [1.807, 2.05) is 20.8 Å². The number of carbonyl (C=O) groups excluding carboxylic acids is 1. The Morgan fingerprint density at radius 1 is 1.53 bits per heavy atom. The van der Waals surface area contributed by atoms with Crippen molar-refractivity contribution < 1.29 is 4.79 Å². The zero-order valence-electron chi connectivity index (χ0n) is 10.3. The van der Waals surface area contributed by atoms with Crippen LogP contribution in [0.3, 0.4) is 0 Å². The summed E-state index contributed by atoms with van der Waals surface area (Å²) in [5.41, 5.74) is -0.684. The molecule has 0 aliphatic carbocycles. The summed E-state index contributed by atoms with van der Waals surface area (Å²) in [5, 5.41) is 2.92. The van der Waals surface area contributed by atoms with Gasteiger partial charge in [0.25, 0.3) is 5.56 Å². The molecule has 94 valence electrons. The Bertz CT molecular complexity index is 476. The number of nitrogens with zero attached hydrogens (tertiary/aromatic N) is 2. The molecule has 0 radical (unpaired) electrons. The molecule has 17 heavy (non-hydrogen) atoms. The standard InChI is InChI=1S/C11H16ClN3O2/c1-7(10(17)14-11(2,3)4)15-6-13-8(12)5-9(15)16/h5-7H,1-4H3,(H,14,17). The summed E-state index contributed by atoms with van der Waals surface area (Å²) in [7, 11) is 0. The first-order valence-electron chi connectivity index (χ1n) is 5.26. The molecule has 1 amide bonds. The van der Waals surface area contributed by atoms with Crippen molar-refractivity contribution in [1.82, 2.24) is 14.9 Å². The first kappa shape index (κ1) is 13.7. The highest BCUT2D eigenvalue weighted by Crippen LogP contribution is 2.07. The molecule has 0 spiro atoms. The van der Waals surface area contributed by atoms with Gasteiger partial charge in [-0.3, -0.25) is 14.2 Å². The fourth-order valence-electron chi connectivity index (χ4n) is 1.28. The molecule has 0 aromatic carbocycles. The van der Waals surface area contributed by atoms with Gasteiger partial charge in [-0.05, 0) is 27.7 Å². The fraction of sp³-hybridized carbons (Fsp3) is 0.545. The maximum Gasteiger partial charge on any atom is 0.255 e. The average Bonchev–Trinajstić information content (AvgIpc) is 2.14. The summed E-state index contributed by atoms with van der Waals surface area (Å²) in [4.78, 5) is 27.3. The predicted octanol–water partition coefficient (Wildman–Crippen LogP) is 1.37. The van der Waals surface area contributed by atoms with Gasteiger partial charge in [-0.1, -0.05) is 11.6 Å². The van der Waals surface area contributed by atoms with E-state index in [-0.39, 0.29) is 22.2 Å². The molecule has 1 atom stereocenters. The van der Waals surface area contributed by atoms with Crippen LogP contribution in [0, 0.1) is 0 Å². The van der Waals surface area contributed by atoms with Gasteiger partial charge in [-0.15, -0.1) is 0 Å². The van der Waals surface area contributed by atoms with Gasteiger partial charge in [0, 0.05) is 11.6 Å². The third kappa shape index (κ3) is 3.85. The number of hydrogen-bond donors (Lipinski definition) is 1. The second-order valence-electron chi connectivity index (χ2n) is 4.87.